The predicted octanol–water partition coefficient (Wildman–Crippen LogP) is 1.91. The van der Waals surface area contributed by atoms with Gasteiger partial charge in [-0.25, -0.2) is 0 Å². The number of aromatic nitrogens is 2. The minimum absolute atomic E-state index is 0.500. The maximum absolute atomic E-state index is 5.64. The molecule has 1 aliphatic rings. The lowest BCUT2D eigenvalue weighted by Crippen LogP contribution is -2.06. The van der Waals surface area contributed by atoms with E-state index >= 15 is 0 Å². The van der Waals surface area contributed by atoms with Gasteiger partial charge in [0, 0.05) is 11.6 Å². The summed E-state index contributed by atoms with van der Waals surface area (Å²) in [6, 6.07) is 0. The van der Waals surface area contributed by atoms with Crippen LogP contribution in [0.1, 0.15) is 55.5 Å². The van der Waals surface area contributed by atoms with Crippen molar-refractivity contribution < 1.29 is 0 Å². The van der Waals surface area contributed by atoms with Crippen molar-refractivity contribution >= 4 is 0 Å². The molecule has 3 heteroatoms. The molecule has 1 aliphatic carbocycles. The minimum atomic E-state index is 0.500. The second kappa shape index (κ2) is 3.73. The average molecular weight is 193 g/mol. The molecule has 14 heavy (non-hydrogen) atoms. The van der Waals surface area contributed by atoms with Crippen molar-refractivity contribution in [1.29, 1.82) is 0 Å². The highest BCUT2D eigenvalue weighted by atomic mass is 15.1. The number of H-pyrrole nitrogens is 1. The van der Waals surface area contributed by atoms with Gasteiger partial charge in [-0.1, -0.05) is 13.8 Å². The van der Waals surface area contributed by atoms with Crippen molar-refractivity contribution in [2.24, 2.45) is 5.73 Å². The standard InChI is InChI=1S/C11H19N3/c1-7(2)10-9(5-6-12)11(14-13-10)8-3-4-8/h7-8H,3-6,12H2,1-2H3,(H,13,14). The van der Waals surface area contributed by atoms with E-state index in [1.165, 1.54) is 29.8 Å². The topological polar surface area (TPSA) is 54.7 Å². The maximum Gasteiger partial charge on any atom is 0.0682 e. The molecule has 0 unspecified atom stereocenters. The maximum atomic E-state index is 5.64. The van der Waals surface area contributed by atoms with Crippen LogP contribution in [0.4, 0.5) is 0 Å². The summed E-state index contributed by atoms with van der Waals surface area (Å²) in [6.45, 7) is 5.10. The SMILES string of the molecule is CC(C)c1n[nH]c(C2CC2)c1CCN. The van der Waals surface area contributed by atoms with Crippen LogP contribution in [-0.4, -0.2) is 16.7 Å². The molecule has 2 rings (SSSR count). The Labute approximate surface area is 85.1 Å². The molecule has 1 aromatic heterocycles. The highest BCUT2D eigenvalue weighted by Gasteiger charge is 2.29. The summed E-state index contributed by atoms with van der Waals surface area (Å²) in [5, 5.41) is 7.61. The molecule has 0 amide bonds. The fourth-order valence-corrected chi connectivity index (χ4v) is 1.99. The summed E-state index contributed by atoms with van der Waals surface area (Å²) < 4.78 is 0. The number of rotatable bonds is 4. The Balaban J connectivity index is 2.30. The van der Waals surface area contributed by atoms with Gasteiger partial charge >= 0.3 is 0 Å². The van der Waals surface area contributed by atoms with Gasteiger partial charge in [0.2, 0.25) is 0 Å². The second-order valence-electron chi connectivity index (χ2n) is 4.47. The van der Waals surface area contributed by atoms with E-state index in [-0.39, 0.29) is 0 Å². The summed E-state index contributed by atoms with van der Waals surface area (Å²) in [7, 11) is 0. The Morgan fingerprint density at radius 2 is 2.21 bits per heavy atom. The molecule has 1 saturated carbocycles. The average Bonchev–Trinajstić information content (AvgIpc) is 2.89. The Morgan fingerprint density at radius 3 is 2.71 bits per heavy atom. The van der Waals surface area contributed by atoms with Crippen LogP contribution in [0.2, 0.25) is 0 Å². The largest absolute Gasteiger partial charge is 0.330 e. The molecular weight excluding hydrogens is 174 g/mol. The van der Waals surface area contributed by atoms with E-state index in [9.17, 15) is 0 Å². The molecule has 0 aliphatic heterocycles. The lowest BCUT2D eigenvalue weighted by atomic mass is 10.00. The molecule has 0 bridgehead atoms. The van der Waals surface area contributed by atoms with Gasteiger partial charge in [-0.05, 0) is 37.3 Å². The number of nitrogens with zero attached hydrogens (tertiary/aromatic N) is 1. The third-order valence-corrected chi connectivity index (χ3v) is 2.86. The van der Waals surface area contributed by atoms with Crippen LogP contribution in [0, 0.1) is 0 Å². The predicted molar refractivity (Wildman–Crippen MR) is 57.4 cm³/mol. The number of aromatic amines is 1. The van der Waals surface area contributed by atoms with E-state index in [4.69, 9.17) is 5.73 Å². The first-order valence-electron chi connectivity index (χ1n) is 5.51. The fourth-order valence-electron chi connectivity index (χ4n) is 1.99. The normalized spacial score (nSPS) is 16.6. The Hall–Kier alpha value is -0.830. The monoisotopic (exact) mass is 193 g/mol. The van der Waals surface area contributed by atoms with Crippen molar-refractivity contribution in [1.82, 2.24) is 10.2 Å². The van der Waals surface area contributed by atoms with Crippen molar-refractivity contribution in [3.8, 4) is 0 Å². The quantitative estimate of drug-likeness (QED) is 0.767. The molecule has 0 aromatic carbocycles. The molecule has 1 heterocycles. The molecule has 3 nitrogen and oxygen atoms in total. The van der Waals surface area contributed by atoms with Crippen LogP contribution < -0.4 is 5.73 Å². The number of nitrogens with two attached hydrogens (primary N) is 1. The van der Waals surface area contributed by atoms with Gasteiger partial charge in [0.05, 0.1) is 5.69 Å². The molecule has 3 N–H and O–H groups in total. The van der Waals surface area contributed by atoms with Gasteiger partial charge in [0.15, 0.2) is 0 Å². The first-order chi connectivity index (χ1) is 6.74. The van der Waals surface area contributed by atoms with E-state index in [0.717, 1.165) is 18.9 Å². The summed E-state index contributed by atoms with van der Waals surface area (Å²) >= 11 is 0. The summed E-state index contributed by atoms with van der Waals surface area (Å²) in [4.78, 5) is 0. The molecule has 1 aromatic rings. The summed E-state index contributed by atoms with van der Waals surface area (Å²) in [5.74, 6) is 1.25. The molecule has 0 saturated heterocycles. The fraction of sp³-hybridized carbons (Fsp3) is 0.727. The van der Waals surface area contributed by atoms with Crippen molar-refractivity contribution in [2.75, 3.05) is 6.54 Å². The van der Waals surface area contributed by atoms with Crippen molar-refractivity contribution in [3.63, 3.8) is 0 Å². The van der Waals surface area contributed by atoms with Crippen LogP contribution in [0.3, 0.4) is 0 Å². The highest BCUT2D eigenvalue weighted by Crippen LogP contribution is 2.42. The number of hydrogen-bond acceptors (Lipinski definition) is 2. The minimum Gasteiger partial charge on any atom is -0.330 e. The van der Waals surface area contributed by atoms with Crippen molar-refractivity contribution in [3.05, 3.63) is 17.0 Å². The number of hydrogen-bond donors (Lipinski definition) is 2. The zero-order valence-electron chi connectivity index (χ0n) is 9.01. The van der Waals surface area contributed by atoms with Gasteiger partial charge in [-0.3, -0.25) is 5.10 Å². The van der Waals surface area contributed by atoms with Crippen LogP contribution in [0.15, 0.2) is 0 Å². The molecule has 0 spiro atoms. The zero-order valence-corrected chi connectivity index (χ0v) is 9.01. The first kappa shape index (κ1) is 9.71. The Morgan fingerprint density at radius 1 is 1.50 bits per heavy atom. The molecular formula is C11H19N3. The smallest absolute Gasteiger partial charge is 0.0682 e. The van der Waals surface area contributed by atoms with Crippen molar-refractivity contribution in [2.45, 2.75) is 44.9 Å². The number of nitrogens with one attached hydrogen (secondary N) is 1. The summed E-state index contributed by atoms with van der Waals surface area (Å²) in [6.07, 6.45) is 3.60. The Kier molecular flexibility index (Phi) is 2.59. The Bertz CT molecular complexity index is 291. The zero-order chi connectivity index (χ0) is 10.1. The second-order valence-corrected chi connectivity index (χ2v) is 4.47. The van der Waals surface area contributed by atoms with Gasteiger partial charge in [0.1, 0.15) is 0 Å². The third kappa shape index (κ3) is 1.69. The first-order valence-corrected chi connectivity index (χ1v) is 5.51. The molecule has 0 atom stereocenters. The van der Waals surface area contributed by atoms with Gasteiger partial charge in [-0.15, -0.1) is 0 Å². The van der Waals surface area contributed by atoms with Crippen LogP contribution in [-0.2, 0) is 6.42 Å². The van der Waals surface area contributed by atoms with Crippen LogP contribution >= 0.6 is 0 Å². The van der Waals surface area contributed by atoms with Crippen LogP contribution in [0.25, 0.3) is 0 Å². The third-order valence-electron chi connectivity index (χ3n) is 2.86. The lowest BCUT2D eigenvalue weighted by Gasteiger charge is -2.05. The van der Waals surface area contributed by atoms with E-state index in [2.05, 4.69) is 24.0 Å². The van der Waals surface area contributed by atoms with E-state index < -0.39 is 0 Å². The van der Waals surface area contributed by atoms with Gasteiger partial charge < -0.3 is 5.73 Å². The van der Waals surface area contributed by atoms with Crippen LogP contribution in [0.5, 0.6) is 0 Å². The van der Waals surface area contributed by atoms with E-state index in [1.54, 1.807) is 0 Å². The molecule has 78 valence electrons. The van der Waals surface area contributed by atoms with Gasteiger partial charge in [-0.2, -0.15) is 5.10 Å². The van der Waals surface area contributed by atoms with E-state index in [0.29, 0.717) is 5.92 Å². The van der Waals surface area contributed by atoms with E-state index in [1.807, 2.05) is 0 Å². The van der Waals surface area contributed by atoms with Gasteiger partial charge in [0.25, 0.3) is 0 Å². The molecule has 0 radical (unpaired) electrons. The molecule has 1 fully saturated rings. The lowest BCUT2D eigenvalue weighted by molar-refractivity contribution is 0.791. The summed E-state index contributed by atoms with van der Waals surface area (Å²) in [5.41, 5.74) is 9.61. The highest BCUT2D eigenvalue weighted by molar-refractivity contribution is 5.32.